The summed E-state index contributed by atoms with van der Waals surface area (Å²) in [6, 6.07) is 0.229. The Morgan fingerprint density at radius 2 is 2.25 bits per heavy atom. The van der Waals surface area contributed by atoms with E-state index in [2.05, 4.69) is 36.5 Å². The lowest BCUT2D eigenvalue weighted by atomic mass is 10.2. The number of ether oxygens (including phenoxy) is 1. The maximum Gasteiger partial charge on any atom is 0.0898 e. The van der Waals surface area contributed by atoms with Crippen molar-refractivity contribution in [1.29, 1.82) is 0 Å². The van der Waals surface area contributed by atoms with Gasteiger partial charge in [0.2, 0.25) is 0 Å². The van der Waals surface area contributed by atoms with Crippen LogP contribution >= 0.6 is 11.3 Å². The maximum atomic E-state index is 5.67. The molecule has 1 rings (SSSR count). The monoisotopic (exact) mass is 242 g/mol. The molecular formula is C12H22N2OS. The van der Waals surface area contributed by atoms with Crippen LogP contribution in [0.15, 0.2) is 5.38 Å². The van der Waals surface area contributed by atoms with Crippen LogP contribution in [0.5, 0.6) is 0 Å². The third kappa shape index (κ3) is 4.60. The molecule has 0 amide bonds. The molecule has 0 bridgehead atoms. The molecule has 1 atom stereocenters. The fourth-order valence-electron chi connectivity index (χ4n) is 1.40. The van der Waals surface area contributed by atoms with Gasteiger partial charge in [-0.1, -0.05) is 6.92 Å². The Hall–Kier alpha value is -0.450. The molecule has 0 saturated heterocycles. The quantitative estimate of drug-likeness (QED) is 0.798. The van der Waals surface area contributed by atoms with Crippen LogP contribution in [-0.4, -0.2) is 24.2 Å². The van der Waals surface area contributed by atoms with Crippen LogP contribution in [0.3, 0.4) is 0 Å². The first-order valence-electron chi connectivity index (χ1n) is 5.90. The zero-order valence-corrected chi connectivity index (χ0v) is 11.4. The van der Waals surface area contributed by atoms with E-state index in [0.29, 0.717) is 6.61 Å². The molecule has 0 aromatic carbocycles. The largest absolute Gasteiger partial charge is 0.377 e. The van der Waals surface area contributed by atoms with Crippen LogP contribution < -0.4 is 5.32 Å². The van der Waals surface area contributed by atoms with E-state index >= 15 is 0 Å². The third-order valence-electron chi connectivity index (χ3n) is 2.23. The Balaban J connectivity index is 2.55. The Morgan fingerprint density at radius 3 is 2.75 bits per heavy atom. The summed E-state index contributed by atoms with van der Waals surface area (Å²) in [5.41, 5.74) is 1.11. The van der Waals surface area contributed by atoms with Crippen molar-refractivity contribution >= 4 is 11.3 Å². The number of nitrogens with zero attached hydrogens (tertiary/aromatic N) is 1. The molecule has 0 aliphatic heterocycles. The van der Waals surface area contributed by atoms with Crippen molar-refractivity contribution < 1.29 is 4.74 Å². The molecular weight excluding hydrogens is 220 g/mol. The van der Waals surface area contributed by atoms with E-state index in [1.165, 1.54) is 0 Å². The molecule has 4 heteroatoms. The molecule has 1 heterocycles. The summed E-state index contributed by atoms with van der Waals surface area (Å²) in [7, 11) is 0. The van der Waals surface area contributed by atoms with E-state index in [4.69, 9.17) is 4.74 Å². The van der Waals surface area contributed by atoms with E-state index in [-0.39, 0.29) is 12.1 Å². The molecule has 3 nitrogen and oxygen atoms in total. The molecule has 0 spiro atoms. The Morgan fingerprint density at radius 1 is 1.50 bits per heavy atom. The van der Waals surface area contributed by atoms with E-state index in [1.54, 1.807) is 11.3 Å². The second kappa shape index (κ2) is 6.99. The molecule has 0 aliphatic rings. The highest BCUT2D eigenvalue weighted by atomic mass is 32.1. The van der Waals surface area contributed by atoms with Crippen LogP contribution in [0.2, 0.25) is 0 Å². The van der Waals surface area contributed by atoms with E-state index in [0.717, 1.165) is 23.7 Å². The minimum absolute atomic E-state index is 0.229. The predicted octanol–water partition coefficient (Wildman–Crippen LogP) is 2.92. The first kappa shape index (κ1) is 13.6. The van der Waals surface area contributed by atoms with Gasteiger partial charge in [-0.15, -0.1) is 11.3 Å². The summed E-state index contributed by atoms with van der Waals surface area (Å²) >= 11 is 1.69. The fraction of sp³-hybridized carbons (Fsp3) is 0.750. The Kier molecular flexibility index (Phi) is 5.95. The van der Waals surface area contributed by atoms with Gasteiger partial charge in [-0.3, -0.25) is 0 Å². The zero-order chi connectivity index (χ0) is 12.0. The summed E-state index contributed by atoms with van der Waals surface area (Å²) in [5, 5.41) is 6.70. The van der Waals surface area contributed by atoms with Crippen LogP contribution in [0, 0.1) is 6.92 Å². The van der Waals surface area contributed by atoms with Crippen molar-refractivity contribution in [3.8, 4) is 0 Å². The summed E-state index contributed by atoms with van der Waals surface area (Å²) in [4.78, 5) is 4.52. The van der Waals surface area contributed by atoms with Crippen molar-refractivity contribution in [3.63, 3.8) is 0 Å². The Bertz CT molecular complexity index is 299. The maximum absolute atomic E-state index is 5.67. The molecule has 92 valence electrons. The van der Waals surface area contributed by atoms with E-state index in [9.17, 15) is 0 Å². The second-order valence-corrected chi connectivity index (χ2v) is 5.24. The number of thiazole rings is 1. The SMILES string of the molecule is CCCNC(COC(C)C)c1csc(C)n1. The molecule has 0 radical (unpaired) electrons. The normalized spacial score (nSPS) is 13.3. The summed E-state index contributed by atoms with van der Waals surface area (Å²) in [6.45, 7) is 10.0. The van der Waals surface area contributed by atoms with Gasteiger partial charge in [0.05, 0.1) is 29.5 Å². The smallest absolute Gasteiger partial charge is 0.0898 e. The lowest BCUT2D eigenvalue weighted by Gasteiger charge is -2.18. The van der Waals surface area contributed by atoms with Gasteiger partial charge in [-0.2, -0.15) is 0 Å². The van der Waals surface area contributed by atoms with E-state index in [1.807, 2.05) is 6.92 Å². The topological polar surface area (TPSA) is 34.1 Å². The van der Waals surface area contributed by atoms with Crippen molar-refractivity contribution in [2.45, 2.75) is 46.3 Å². The average Bonchev–Trinajstić information content (AvgIpc) is 2.64. The molecule has 0 aliphatic carbocycles. The lowest BCUT2D eigenvalue weighted by Crippen LogP contribution is -2.27. The highest BCUT2D eigenvalue weighted by Crippen LogP contribution is 2.17. The van der Waals surface area contributed by atoms with Gasteiger partial charge in [0.15, 0.2) is 0 Å². The highest BCUT2D eigenvalue weighted by molar-refractivity contribution is 7.09. The van der Waals surface area contributed by atoms with Gasteiger partial charge in [-0.05, 0) is 33.7 Å². The standard InChI is InChI=1S/C12H22N2OS/c1-5-6-13-11(7-15-9(2)3)12-8-16-10(4)14-12/h8-9,11,13H,5-7H2,1-4H3. The fourth-order valence-corrected chi connectivity index (χ4v) is 2.06. The number of rotatable bonds is 7. The first-order chi connectivity index (χ1) is 7.63. The number of nitrogens with one attached hydrogen (secondary N) is 1. The highest BCUT2D eigenvalue weighted by Gasteiger charge is 2.14. The predicted molar refractivity (Wildman–Crippen MR) is 69.0 cm³/mol. The molecule has 1 aromatic rings. The lowest BCUT2D eigenvalue weighted by molar-refractivity contribution is 0.0604. The minimum Gasteiger partial charge on any atom is -0.377 e. The first-order valence-corrected chi connectivity index (χ1v) is 6.78. The number of aromatic nitrogens is 1. The van der Waals surface area contributed by atoms with Crippen molar-refractivity contribution in [3.05, 3.63) is 16.1 Å². The van der Waals surface area contributed by atoms with Crippen LogP contribution in [0.4, 0.5) is 0 Å². The number of hydrogen-bond donors (Lipinski definition) is 1. The zero-order valence-electron chi connectivity index (χ0n) is 10.6. The van der Waals surface area contributed by atoms with Gasteiger partial charge in [-0.25, -0.2) is 4.98 Å². The molecule has 1 N–H and O–H groups in total. The van der Waals surface area contributed by atoms with Crippen molar-refractivity contribution in [2.24, 2.45) is 0 Å². The second-order valence-electron chi connectivity index (χ2n) is 4.18. The van der Waals surface area contributed by atoms with Gasteiger partial charge in [0.25, 0.3) is 0 Å². The van der Waals surface area contributed by atoms with Gasteiger partial charge < -0.3 is 10.1 Å². The number of hydrogen-bond acceptors (Lipinski definition) is 4. The molecule has 0 saturated carbocycles. The van der Waals surface area contributed by atoms with E-state index < -0.39 is 0 Å². The molecule has 0 fully saturated rings. The molecule has 1 aromatic heterocycles. The summed E-state index contributed by atoms with van der Waals surface area (Å²) < 4.78 is 5.67. The van der Waals surface area contributed by atoms with Crippen molar-refractivity contribution in [2.75, 3.05) is 13.2 Å². The molecule has 16 heavy (non-hydrogen) atoms. The van der Waals surface area contributed by atoms with Gasteiger partial charge in [0, 0.05) is 5.38 Å². The summed E-state index contributed by atoms with van der Waals surface area (Å²) in [6.07, 6.45) is 1.40. The van der Waals surface area contributed by atoms with Crippen LogP contribution in [0.1, 0.15) is 43.9 Å². The van der Waals surface area contributed by atoms with Crippen LogP contribution in [0.25, 0.3) is 0 Å². The van der Waals surface area contributed by atoms with Crippen LogP contribution in [-0.2, 0) is 4.74 Å². The van der Waals surface area contributed by atoms with Gasteiger partial charge >= 0.3 is 0 Å². The van der Waals surface area contributed by atoms with Crippen molar-refractivity contribution in [1.82, 2.24) is 10.3 Å². The Labute approximate surface area is 102 Å². The number of aryl methyl sites for hydroxylation is 1. The summed E-state index contributed by atoms with van der Waals surface area (Å²) in [5.74, 6) is 0. The third-order valence-corrected chi connectivity index (χ3v) is 3.02. The average molecular weight is 242 g/mol. The minimum atomic E-state index is 0.229. The molecule has 1 unspecified atom stereocenters. The van der Waals surface area contributed by atoms with Gasteiger partial charge in [0.1, 0.15) is 0 Å².